The van der Waals surface area contributed by atoms with E-state index < -0.39 is 0 Å². The van der Waals surface area contributed by atoms with E-state index >= 15 is 0 Å². The lowest BCUT2D eigenvalue weighted by atomic mass is 9.99. The average molecular weight is 242 g/mol. The molecule has 0 amide bonds. The molecule has 1 N–H and O–H groups in total. The molecular weight excluding hydrogens is 216 g/mol. The summed E-state index contributed by atoms with van der Waals surface area (Å²) in [7, 11) is 0. The molecule has 0 aromatic rings. The first-order valence-corrected chi connectivity index (χ1v) is 8.07. The molecular formula is C13H26N2S. The molecule has 0 aliphatic carbocycles. The first-order valence-electron chi connectivity index (χ1n) is 6.92. The highest BCUT2D eigenvalue weighted by atomic mass is 32.2. The minimum absolute atomic E-state index is 0.761. The van der Waals surface area contributed by atoms with Crippen LogP contribution in [0.5, 0.6) is 0 Å². The lowest BCUT2D eigenvalue weighted by molar-refractivity contribution is 0.162. The summed E-state index contributed by atoms with van der Waals surface area (Å²) in [5.74, 6) is 3.78. The smallest absolute Gasteiger partial charge is 0.0195 e. The van der Waals surface area contributed by atoms with Gasteiger partial charge in [-0.1, -0.05) is 6.92 Å². The van der Waals surface area contributed by atoms with Crippen LogP contribution in [0.25, 0.3) is 0 Å². The molecule has 0 aromatic carbocycles. The zero-order chi connectivity index (χ0) is 11.2. The van der Waals surface area contributed by atoms with Gasteiger partial charge in [-0.25, -0.2) is 0 Å². The van der Waals surface area contributed by atoms with Gasteiger partial charge in [0.1, 0.15) is 0 Å². The summed E-state index contributed by atoms with van der Waals surface area (Å²) in [6, 6.07) is 0.761. The van der Waals surface area contributed by atoms with E-state index in [1.807, 2.05) is 0 Å². The zero-order valence-electron chi connectivity index (χ0n) is 10.6. The molecule has 94 valence electrons. The second kappa shape index (κ2) is 6.87. The maximum absolute atomic E-state index is 3.61. The fourth-order valence-electron chi connectivity index (χ4n) is 2.97. The summed E-state index contributed by atoms with van der Waals surface area (Å²) in [5, 5.41) is 3.61. The first kappa shape index (κ1) is 12.7. The lowest BCUT2D eigenvalue weighted by Gasteiger charge is -2.36. The van der Waals surface area contributed by atoms with Crippen LogP contribution in [0.1, 0.15) is 32.6 Å². The molecule has 0 aromatic heterocycles. The Morgan fingerprint density at radius 2 is 2.06 bits per heavy atom. The van der Waals surface area contributed by atoms with E-state index in [1.54, 1.807) is 0 Å². The van der Waals surface area contributed by atoms with Crippen LogP contribution in [-0.2, 0) is 0 Å². The Bertz CT molecular complexity index is 190. The zero-order valence-corrected chi connectivity index (χ0v) is 11.4. The van der Waals surface area contributed by atoms with Crippen molar-refractivity contribution in [2.24, 2.45) is 5.92 Å². The van der Waals surface area contributed by atoms with E-state index in [1.165, 1.54) is 56.8 Å². The molecule has 2 rings (SSSR count). The first-order chi connectivity index (χ1) is 7.88. The maximum Gasteiger partial charge on any atom is 0.0195 e. The van der Waals surface area contributed by atoms with Crippen LogP contribution in [0.3, 0.4) is 0 Å². The molecule has 1 unspecified atom stereocenters. The number of thioether (sulfide) groups is 1. The topological polar surface area (TPSA) is 15.3 Å². The van der Waals surface area contributed by atoms with Gasteiger partial charge in [-0.15, -0.1) is 0 Å². The average Bonchev–Trinajstić information content (AvgIpc) is 2.31. The lowest BCUT2D eigenvalue weighted by Crippen LogP contribution is -2.47. The quantitative estimate of drug-likeness (QED) is 0.814. The van der Waals surface area contributed by atoms with E-state index in [0.29, 0.717) is 0 Å². The normalized spacial score (nSPS) is 29.4. The Hall–Kier alpha value is 0.270. The number of hydrogen-bond acceptors (Lipinski definition) is 3. The van der Waals surface area contributed by atoms with Crippen molar-refractivity contribution in [3.05, 3.63) is 0 Å². The summed E-state index contributed by atoms with van der Waals surface area (Å²) >= 11 is 2.14. The summed E-state index contributed by atoms with van der Waals surface area (Å²) in [6.45, 7) is 7.33. The van der Waals surface area contributed by atoms with Crippen molar-refractivity contribution in [1.29, 1.82) is 0 Å². The van der Waals surface area contributed by atoms with Gasteiger partial charge >= 0.3 is 0 Å². The van der Waals surface area contributed by atoms with Gasteiger partial charge in [0.15, 0.2) is 0 Å². The Morgan fingerprint density at radius 1 is 1.25 bits per heavy atom. The molecule has 2 aliphatic heterocycles. The van der Waals surface area contributed by atoms with E-state index in [2.05, 4.69) is 28.9 Å². The summed E-state index contributed by atoms with van der Waals surface area (Å²) in [5.41, 5.74) is 0. The van der Waals surface area contributed by atoms with Crippen LogP contribution >= 0.6 is 11.8 Å². The molecule has 0 radical (unpaired) electrons. The number of nitrogens with zero attached hydrogens (tertiary/aromatic N) is 1. The number of hydrogen-bond donors (Lipinski definition) is 1. The van der Waals surface area contributed by atoms with Crippen LogP contribution in [-0.4, -0.2) is 48.6 Å². The molecule has 2 heterocycles. The third kappa shape index (κ3) is 3.94. The highest BCUT2D eigenvalue weighted by Gasteiger charge is 2.22. The third-order valence-corrected chi connectivity index (χ3v) is 4.90. The van der Waals surface area contributed by atoms with Crippen molar-refractivity contribution < 1.29 is 0 Å². The minimum atomic E-state index is 0.761. The van der Waals surface area contributed by atoms with Crippen molar-refractivity contribution in [1.82, 2.24) is 10.2 Å². The van der Waals surface area contributed by atoms with Gasteiger partial charge in [0.05, 0.1) is 0 Å². The van der Waals surface area contributed by atoms with Gasteiger partial charge in [-0.3, -0.25) is 0 Å². The Balaban J connectivity index is 1.71. The second-order valence-electron chi connectivity index (χ2n) is 5.21. The van der Waals surface area contributed by atoms with Crippen LogP contribution in [0.15, 0.2) is 0 Å². The van der Waals surface area contributed by atoms with Gasteiger partial charge in [-0.05, 0) is 56.2 Å². The van der Waals surface area contributed by atoms with Gasteiger partial charge in [0.2, 0.25) is 0 Å². The fourth-order valence-corrected chi connectivity index (χ4v) is 4.17. The van der Waals surface area contributed by atoms with E-state index in [0.717, 1.165) is 18.5 Å². The highest BCUT2D eigenvalue weighted by molar-refractivity contribution is 7.99. The van der Waals surface area contributed by atoms with Crippen LogP contribution in [0.4, 0.5) is 0 Å². The van der Waals surface area contributed by atoms with Gasteiger partial charge in [-0.2, -0.15) is 11.8 Å². The Kier molecular flexibility index (Phi) is 5.46. The van der Waals surface area contributed by atoms with Crippen LogP contribution < -0.4 is 5.32 Å². The molecule has 16 heavy (non-hydrogen) atoms. The molecule has 3 heteroatoms. The van der Waals surface area contributed by atoms with Crippen molar-refractivity contribution in [2.75, 3.05) is 37.7 Å². The van der Waals surface area contributed by atoms with Gasteiger partial charge in [0.25, 0.3) is 0 Å². The SMILES string of the molecule is CCNC1CCCN(CC2CCSCC2)C1. The number of nitrogens with one attached hydrogen (secondary N) is 1. The molecule has 2 saturated heterocycles. The highest BCUT2D eigenvalue weighted by Crippen LogP contribution is 2.24. The number of rotatable bonds is 4. The van der Waals surface area contributed by atoms with Crippen LogP contribution in [0, 0.1) is 5.92 Å². The third-order valence-electron chi connectivity index (χ3n) is 3.86. The predicted molar refractivity (Wildman–Crippen MR) is 73.2 cm³/mol. The van der Waals surface area contributed by atoms with E-state index in [-0.39, 0.29) is 0 Å². The van der Waals surface area contributed by atoms with Crippen LogP contribution in [0.2, 0.25) is 0 Å². The largest absolute Gasteiger partial charge is 0.313 e. The van der Waals surface area contributed by atoms with Gasteiger partial charge in [0, 0.05) is 19.1 Å². The minimum Gasteiger partial charge on any atom is -0.313 e. The molecule has 2 aliphatic rings. The number of likely N-dealkylation sites (tertiary alicyclic amines) is 1. The monoisotopic (exact) mass is 242 g/mol. The predicted octanol–water partition coefficient (Wildman–Crippen LogP) is 2.20. The molecule has 2 nitrogen and oxygen atoms in total. The van der Waals surface area contributed by atoms with E-state index in [4.69, 9.17) is 0 Å². The van der Waals surface area contributed by atoms with E-state index in [9.17, 15) is 0 Å². The summed E-state index contributed by atoms with van der Waals surface area (Å²) < 4.78 is 0. The number of piperidine rings is 1. The summed E-state index contributed by atoms with van der Waals surface area (Å²) in [4.78, 5) is 2.71. The summed E-state index contributed by atoms with van der Waals surface area (Å²) in [6.07, 6.45) is 5.67. The fraction of sp³-hybridized carbons (Fsp3) is 1.00. The second-order valence-corrected chi connectivity index (χ2v) is 6.44. The number of likely N-dealkylation sites (N-methyl/N-ethyl adjacent to an activating group) is 1. The molecule has 0 spiro atoms. The molecule has 0 bridgehead atoms. The standard InChI is InChI=1S/C13H26N2S/c1-2-14-13-4-3-7-15(11-13)10-12-5-8-16-9-6-12/h12-14H,2-11H2,1H3. The molecule has 2 fully saturated rings. The van der Waals surface area contributed by atoms with Crippen molar-refractivity contribution in [3.8, 4) is 0 Å². The molecule has 1 atom stereocenters. The Labute approximate surface area is 105 Å². The van der Waals surface area contributed by atoms with Crippen molar-refractivity contribution in [2.45, 2.75) is 38.6 Å². The molecule has 0 saturated carbocycles. The van der Waals surface area contributed by atoms with Crippen molar-refractivity contribution >= 4 is 11.8 Å². The van der Waals surface area contributed by atoms with Gasteiger partial charge < -0.3 is 10.2 Å². The Morgan fingerprint density at radius 3 is 2.81 bits per heavy atom. The maximum atomic E-state index is 3.61. The van der Waals surface area contributed by atoms with Crippen molar-refractivity contribution in [3.63, 3.8) is 0 Å².